The number of hydrogen-bond donors (Lipinski definition) is 0. The molecule has 11 heteroatoms. The van der Waals surface area contributed by atoms with Gasteiger partial charge in [-0.2, -0.15) is 14.7 Å². The summed E-state index contributed by atoms with van der Waals surface area (Å²) in [6, 6.07) is 11.1. The van der Waals surface area contributed by atoms with Gasteiger partial charge in [0.15, 0.2) is 0 Å². The van der Waals surface area contributed by atoms with E-state index in [0.717, 1.165) is 43.8 Å². The van der Waals surface area contributed by atoms with E-state index in [1.165, 1.54) is 0 Å². The van der Waals surface area contributed by atoms with Crippen molar-refractivity contribution in [2.24, 2.45) is 0 Å². The summed E-state index contributed by atoms with van der Waals surface area (Å²) < 4.78 is 2.93. The first-order valence-corrected chi connectivity index (χ1v) is 13.5. The monoisotopic (exact) mass is 585 g/mol. The lowest BCUT2D eigenvalue weighted by atomic mass is 10.1. The minimum Gasteiger partial charge on any atom is -0.217 e. The van der Waals surface area contributed by atoms with Crippen LogP contribution in [0, 0.1) is 6.92 Å². The molecule has 0 amide bonds. The van der Waals surface area contributed by atoms with Crippen LogP contribution in [-0.2, 0) is 9.59 Å². The lowest BCUT2D eigenvalue weighted by Crippen LogP contribution is -1.94. The number of hydrogen-bond acceptors (Lipinski definition) is 6. The summed E-state index contributed by atoms with van der Waals surface area (Å²) in [4.78, 5) is 21.2. The summed E-state index contributed by atoms with van der Waals surface area (Å²) in [5.74, 6) is 0. The Morgan fingerprint density at radius 3 is 2.29 bits per heavy atom. The quantitative estimate of drug-likeness (QED) is 0.211. The second-order valence-corrected chi connectivity index (χ2v) is 11.8. The van der Waals surface area contributed by atoms with E-state index in [9.17, 15) is 0 Å². The summed E-state index contributed by atoms with van der Waals surface area (Å²) in [6.07, 6.45) is 3.27. The van der Waals surface area contributed by atoms with E-state index in [2.05, 4.69) is 13.8 Å². The summed E-state index contributed by atoms with van der Waals surface area (Å²) in [5, 5.41) is 8.15. The molecular formula is C24H19Cl4N3O2S2. The Bertz CT molecular complexity index is 1360. The molecule has 0 spiro atoms. The Morgan fingerprint density at radius 2 is 1.69 bits per heavy atom. The van der Waals surface area contributed by atoms with E-state index in [1.807, 2.05) is 42.1 Å². The third kappa shape index (κ3) is 6.89. The number of aromatic nitrogens is 3. The van der Waals surface area contributed by atoms with Crippen LogP contribution >= 0.6 is 69.5 Å². The fraction of sp³-hybridized carbons (Fsp3) is 0.208. The third-order valence-corrected chi connectivity index (χ3v) is 8.63. The molecule has 0 aliphatic heterocycles. The Kier molecular flexibility index (Phi) is 9.85. The molecule has 0 saturated heterocycles. The van der Waals surface area contributed by atoms with Crippen LogP contribution in [0.5, 0.6) is 0 Å². The van der Waals surface area contributed by atoms with Crippen molar-refractivity contribution in [3.8, 4) is 27.5 Å². The molecule has 2 aromatic heterocycles. The van der Waals surface area contributed by atoms with Crippen LogP contribution in [0.4, 0.5) is 0 Å². The van der Waals surface area contributed by atoms with Gasteiger partial charge in [0.25, 0.3) is 0 Å². The van der Waals surface area contributed by atoms with Crippen LogP contribution in [0.25, 0.3) is 27.5 Å². The molecule has 4 rings (SSSR count). The van der Waals surface area contributed by atoms with E-state index in [-0.39, 0.29) is 6.15 Å². The van der Waals surface area contributed by atoms with Gasteiger partial charge >= 0.3 is 6.15 Å². The van der Waals surface area contributed by atoms with Crippen LogP contribution in [0.15, 0.2) is 46.8 Å². The lowest BCUT2D eigenvalue weighted by Gasteiger charge is -2.08. The summed E-state index contributed by atoms with van der Waals surface area (Å²) >= 11 is 28.2. The number of rotatable bonds is 6. The normalized spacial score (nSPS) is 11.5. The van der Waals surface area contributed by atoms with Gasteiger partial charge in [0.05, 0.1) is 25.6 Å². The van der Waals surface area contributed by atoms with Gasteiger partial charge in [-0.3, -0.25) is 0 Å². The van der Waals surface area contributed by atoms with Crippen molar-refractivity contribution in [3.05, 3.63) is 68.4 Å². The highest BCUT2D eigenvalue weighted by Crippen LogP contribution is 2.42. The Hall–Kier alpha value is -1.83. The van der Waals surface area contributed by atoms with E-state index in [4.69, 9.17) is 66.1 Å². The highest BCUT2D eigenvalue weighted by molar-refractivity contribution is 8.01. The van der Waals surface area contributed by atoms with Crippen LogP contribution in [0.1, 0.15) is 26.0 Å². The molecule has 4 aromatic rings. The molecule has 2 aromatic carbocycles. The molecule has 0 aliphatic rings. The van der Waals surface area contributed by atoms with Gasteiger partial charge in [-0.05, 0) is 49.2 Å². The first-order valence-electron chi connectivity index (χ1n) is 10.3. The molecule has 0 N–H and O–H groups in total. The molecule has 0 bridgehead atoms. The number of halogens is 4. The first kappa shape index (κ1) is 27.8. The Balaban J connectivity index is 0.00000108. The van der Waals surface area contributed by atoms with E-state index in [0.29, 0.717) is 25.3 Å². The lowest BCUT2D eigenvalue weighted by molar-refractivity contribution is -0.191. The molecule has 0 radical (unpaired) electrons. The van der Waals surface area contributed by atoms with Gasteiger partial charge in [-0.15, -0.1) is 11.8 Å². The maximum Gasteiger partial charge on any atom is 0.373 e. The summed E-state index contributed by atoms with van der Waals surface area (Å²) in [5.41, 5.74) is 4.55. The number of nitrogens with zero attached hydrogens (tertiary/aromatic N) is 3. The standard InChI is InChI=1S/C23H19Cl4N3S2.CO2/c1-4-12(2)31-22-21(14-5-6-19(26)20(27)9-14)28-23(32-22)30-11-18(13(3)29-30)15-7-16(24)10-17(25)8-15;2-1-3/h5-12H,4H2,1-3H3;. The largest absolute Gasteiger partial charge is 0.373 e. The maximum absolute atomic E-state index is 8.12. The van der Waals surface area contributed by atoms with E-state index in [1.54, 1.807) is 35.2 Å². The van der Waals surface area contributed by atoms with Gasteiger partial charge < -0.3 is 0 Å². The molecule has 0 aliphatic carbocycles. The van der Waals surface area contributed by atoms with Gasteiger partial charge in [0.2, 0.25) is 5.13 Å². The number of aryl methyl sites for hydroxylation is 1. The highest BCUT2D eigenvalue weighted by atomic mass is 35.5. The van der Waals surface area contributed by atoms with E-state index >= 15 is 0 Å². The van der Waals surface area contributed by atoms with E-state index < -0.39 is 0 Å². The number of carbonyl (C=O) groups excluding carboxylic acids is 2. The van der Waals surface area contributed by atoms with Crippen molar-refractivity contribution in [1.29, 1.82) is 0 Å². The van der Waals surface area contributed by atoms with Crippen molar-refractivity contribution in [2.75, 3.05) is 0 Å². The second-order valence-electron chi connectivity index (χ2n) is 7.41. The molecule has 1 unspecified atom stereocenters. The zero-order valence-electron chi connectivity index (χ0n) is 18.8. The van der Waals surface area contributed by atoms with Crippen LogP contribution < -0.4 is 0 Å². The molecule has 1 atom stereocenters. The smallest absolute Gasteiger partial charge is 0.217 e. The van der Waals surface area contributed by atoms with Gasteiger partial charge in [0.1, 0.15) is 0 Å². The molecule has 5 nitrogen and oxygen atoms in total. The SMILES string of the molecule is CCC(C)Sc1sc(-n2cc(-c3cc(Cl)cc(Cl)c3)c(C)n2)nc1-c1ccc(Cl)c(Cl)c1.O=C=O. The average Bonchev–Trinajstić information content (AvgIpc) is 3.39. The van der Waals surface area contributed by atoms with Crippen LogP contribution in [0.3, 0.4) is 0 Å². The zero-order chi connectivity index (χ0) is 25.7. The molecule has 35 heavy (non-hydrogen) atoms. The minimum absolute atomic E-state index is 0.250. The zero-order valence-corrected chi connectivity index (χ0v) is 23.5. The van der Waals surface area contributed by atoms with Gasteiger partial charge in [-0.1, -0.05) is 77.7 Å². The summed E-state index contributed by atoms with van der Waals surface area (Å²) in [6.45, 7) is 6.35. The van der Waals surface area contributed by atoms with Crippen molar-refractivity contribution in [2.45, 2.75) is 36.7 Å². The molecule has 0 saturated carbocycles. The molecule has 2 heterocycles. The van der Waals surface area contributed by atoms with Crippen molar-refractivity contribution >= 4 is 75.7 Å². The predicted molar refractivity (Wildman–Crippen MR) is 146 cm³/mol. The highest BCUT2D eigenvalue weighted by Gasteiger charge is 2.19. The van der Waals surface area contributed by atoms with Crippen molar-refractivity contribution in [1.82, 2.24) is 14.8 Å². The maximum atomic E-state index is 8.12. The van der Waals surface area contributed by atoms with Crippen LogP contribution in [0.2, 0.25) is 20.1 Å². The molecule has 182 valence electrons. The molecular weight excluding hydrogens is 568 g/mol. The minimum atomic E-state index is 0.250. The fourth-order valence-electron chi connectivity index (χ4n) is 3.12. The Morgan fingerprint density at radius 1 is 1.03 bits per heavy atom. The van der Waals surface area contributed by atoms with Crippen LogP contribution in [-0.4, -0.2) is 26.2 Å². The predicted octanol–water partition coefficient (Wildman–Crippen LogP) is 8.89. The average molecular weight is 587 g/mol. The first-order chi connectivity index (χ1) is 16.7. The van der Waals surface area contributed by atoms with Gasteiger partial charge in [0, 0.05) is 32.6 Å². The van der Waals surface area contributed by atoms with Gasteiger partial charge in [-0.25, -0.2) is 9.67 Å². The summed E-state index contributed by atoms with van der Waals surface area (Å²) in [7, 11) is 0. The Labute approximate surface area is 231 Å². The second kappa shape index (κ2) is 12.4. The third-order valence-electron chi connectivity index (χ3n) is 4.93. The topological polar surface area (TPSA) is 64.8 Å². The number of thiazole rings is 1. The molecule has 0 fully saturated rings. The van der Waals surface area contributed by atoms with Crippen molar-refractivity contribution < 1.29 is 9.59 Å². The number of thioether (sulfide) groups is 1. The number of benzene rings is 2. The van der Waals surface area contributed by atoms with Crippen molar-refractivity contribution in [3.63, 3.8) is 0 Å². The fourth-order valence-corrected chi connectivity index (χ4v) is 6.41.